The summed E-state index contributed by atoms with van der Waals surface area (Å²) in [5, 5.41) is 16.0. The summed E-state index contributed by atoms with van der Waals surface area (Å²) < 4.78 is 5.00. The van der Waals surface area contributed by atoms with E-state index >= 15 is 0 Å². The number of aromatic nitrogens is 2. The number of nitrogens with zero attached hydrogens (tertiary/aromatic N) is 2. The molecule has 0 unspecified atom stereocenters. The van der Waals surface area contributed by atoms with Crippen molar-refractivity contribution < 1.29 is 14.4 Å². The molecule has 0 N–H and O–H groups in total. The highest BCUT2D eigenvalue weighted by atomic mass is 32.1. The largest absolute Gasteiger partial charge is 0.550 e. The minimum Gasteiger partial charge on any atom is -0.550 e. The van der Waals surface area contributed by atoms with Crippen molar-refractivity contribution in [2.75, 3.05) is 0 Å². The topological polar surface area (TPSA) is 79.0 Å². The zero-order valence-corrected chi connectivity index (χ0v) is 9.20. The Bertz CT molecular complexity index is 464. The van der Waals surface area contributed by atoms with E-state index in [1.54, 1.807) is 0 Å². The smallest absolute Gasteiger partial charge is 0.226 e. The van der Waals surface area contributed by atoms with Crippen molar-refractivity contribution in [1.82, 2.24) is 10.1 Å². The standard InChI is InChI=1S/C10H10N2O3S/c13-9(14)5-1-4-8-11-10(12-15-8)7-3-2-6-16-7/h2-3,6H,1,4-5H2,(H,13,14)/p-1. The first-order valence-electron chi connectivity index (χ1n) is 4.82. The van der Waals surface area contributed by atoms with Gasteiger partial charge in [-0.15, -0.1) is 11.3 Å². The number of carbonyl (C=O) groups excluding carboxylic acids is 1. The normalized spacial score (nSPS) is 10.5. The molecule has 0 fully saturated rings. The number of aliphatic carboxylic acids is 1. The SMILES string of the molecule is O=C([O-])CCCc1nc(-c2cccs2)no1. The van der Waals surface area contributed by atoms with E-state index in [9.17, 15) is 9.90 Å². The van der Waals surface area contributed by atoms with Gasteiger partial charge in [0.1, 0.15) is 0 Å². The van der Waals surface area contributed by atoms with E-state index in [1.165, 1.54) is 11.3 Å². The molecule has 0 aromatic carbocycles. The van der Waals surface area contributed by atoms with Crippen molar-refractivity contribution in [3.63, 3.8) is 0 Å². The van der Waals surface area contributed by atoms with Gasteiger partial charge in [-0.1, -0.05) is 11.2 Å². The second kappa shape index (κ2) is 4.89. The van der Waals surface area contributed by atoms with Gasteiger partial charge in [-0.05, 0) is 24.3 Å². The highest BCUT2D eigenvalue weighted by Gasteiger charge is 2.08. The van der Waals surface area contributed by atoms with Gasteiger partial charge in [0.05, 0.1) is 4.88 Å². The van der Waals surface area contributed by atoms with E-state index in [4.69, 9.17) is 4.52 Å². The molecular formula is C10H9N2O3S-. The molecule has 2 aromatic heterocycles. The fourth-order valence-corrected chi connectivity index (χ4v) is 1.90. The van der Waals surface area contributed by atoms with Gasteiger partial charge < -0.3 is 14.4 Å². The minimum absolute atomic E-state index is 0.0106. The monoisotopic (exact) mass is 237 g/mol. The van der Waals surface area contributed by atoms with Crippen LogP contribution in [-0.2, 0) is 11.2 Å². The molecule has 0 aliphatic heterocycles. The summed E-state index contributed by atoms with van der Waals surface area (Å²) in [6.45, 7) is 0. The zero-order chi connectivity index (χ0) is 11.4. The molecule has 16 heavy (non-hydrogen) atoms. The maximum absolute atomic E-state index is 10.2. The molecule has 2 aromatic rings. The van der Waals surface area contributed by atoms with Crippen LogP contribution in [0.15, 0.2) is 22.0 Å². The molecule has 0 saturated carbocycles. The lowest BCUT2D eigenvalue weighted by Crippen LogP contribution is -2.21. The second-order valence-corrected chi connectivity index (χ2v) is 4.16. The van der Waals surface area contributed by atoms with E-state index in [0.29, 0.717) is 24.6 Å². The first-order chi connectivity index (χ1) is 7.75. The highest BCUT2D eigenvalue weighted by Crippen LogP contribution is 2.21. The lowest BCUT2D eigenvalue weighted by Gasteiger charge is -1.97. The van der Waals surface area contributed by atoms with Gasteiger partial charge in [-0.25, -0.2) is 0 Å². The summed E-state index contributed by atoms with van der Waals surface area (Å²) in [6, 6.07) is 3.81. The Kier molecular flexibility index (Phi) is 3.31. The van der Waals surface area contributed by atoms with Gasteiger partial charge in [0.25, 0.3) is 0 Å². The molecule has 0 bridgehead atoms. The van der Waals surface area contributed by atoms with Crippen molar-refractivity contribution in [2.45, 2.75) is 19.3 Å². The number of carbonyl (C=O) groups is 1. The van der Waals surface area contributed by atoms with Crippen LogP contribution >= 0.6 is 11.3 Å². The van der Waals surface area contributed by atoms with Crippen LogP contribution in [-0.4, -0.2) is 16.1 Å². The number of hydrogen-bond acceptors (Lipinski definition) is 6. The Balaban J connectivity index is 1.95. The van der Waals surface area contributed by atoms with Crippen molar-refractivity contribution in [2.24, 2.45) is 0 Å². The number of rotatable bonds is 5. The summed E-state index contributed by atoms with van der Waals surface area (Å²) >= 11 is 1.53. The summed E-state index contributed by atoms with van der Waals surface area (Å²) in [4.78, 5) is 15.3. The lowest BCUT2D eigenvalue weighted by atomic mass is 10.2. The average Bonchev–Trinajstić information content (AvgIpc) is 2.85. The maximum Gasteiger partial charge on any atom is 0.226 e. The van der Waals surface area contributed by atoms with Crippen LogP contribution in [0.5, 0.6) is 0 Å². The fourth-order valence-electron chi connectivity index (χ4n) is 1.25. The Morgan fingerprint density at radius 3 is 3.12 bits per heavy atom. The Morgan fingerprint density at radius 1 is 1.56 bits per heavy atom. The molecule has 0 spiro atoms. The third kappa shape index (κ3) is 2.66. The van der Waals surface area contributed by atoms with Crippen molar-refractivity contribution >= 4 is 17.3 Å². The third-order valence-corrected chi connectivity index (χ3v) is 2.85. The van der Waals surface area contributed by atoms with Crippen molar-refractivity contribution in [3.05, 3.63) is 23.4 Å². The quantitative estimate of drug-likeness (QED) is 0.771. The molecule has 0 aliphatic rings. The first-order valence-corrected chi connectivity index (χ1v) is 5.70. The predicted octanol–water partition coefficient (Wildman–Crippen LogP) is 0.871. The van der Waals surface area contributed by atoms with Crippen LogP contribution in [0.3, 0.4) is 0 Å². The molecule has 6 heteroatoms. The molecule has 0 amide bonds. The van der Waals surface area contributed by atoms with E-state index < -0.39 is 5.97 Å². The van der Waals surface area contributed by atoms with Crippen LogP contribution in [0.2, 0.25) is 0 Å². The number of carboxylic acids is 1. The van der Waals surface area contributed by atoms with Gasteiger partial charge >= 0.3 is 0 Å². The van der Waals surface area contributed by atoms with Crippen molar-refractivity contribution in [1.29, 1.82) is 0 Å². The number of hydrogen-bond donors (Lipinski definition) is 0. The molecule has 2 heterocycles. The molecule has 84 valence electrons. The first kappa shape index (κ1) is 10.8. The van der Waals surface area contributed by atoms with E-state index in [-0.39, 0.29) is 6.42 Å². The van der Waals surface area contributed by atoms with Gasteiger partial charge in [0.2, 0.25) is 11.7 Å². The number of aryl methyl sites for hydroxylation is 1. The van der Waals surface area contributed by atoms with Gasteiger partial charge in [-0.2, -0.15) is 4.98 Å². The lowest BCUT2D eigenvalue weighted by molar-refractivity contribution is -0.305. The molecule has 0 aliphatic carbocycles. The van der Waals surface area contributed by atoms with Gasteiger partial charge in [0.15, 0.2) is 0 Å². The van der Waals surface area contributed by atoms with Crippen LogP contribution < -0.4 is 5.11 Å². The maximum atomic E-state index is 10.2. The zero-order valence-electron chi connectivity index (χ0n) is 8.38. The predicted molar refractivity (Wildman–Crippen MR) is 55.6 cm³/mol. The van der Waals surface area contributed by atoms with E-state index in [1.807, 2.05) is 17.5 Å². The minimum atomic E-state index is -1.06. The third-order valence-electron chi connectivity index (χ3n) is 1.98. The number of thiophene rings is 1. The molecule has 0 atom stereocenters. The Morgan fingerprint density at radius 2 is 2.44 bits per heavy atom. The van der Waals surface area contributed by atoms with Gasteiger partial charge in [0, 0.05) is 12.4 Å². The highest BCUT2D eigenvalue weighted by molar-refractivity contribution is 7.13. The second-order valence-electron chi connectivity index (χ2n) is 3.21. The van der Waals surface area contributed by atoms with Gasteiger partial charge in [-0.3, -0.25) is 0 Å². The van der Waals surface area contributed by atoms with E-state index in [2.05, 4.69) is 10.1 Å². The molecule has 2 rings (SSSR count). The molecular weight excluding hydrogens is 228 g/mol. The summed E-state index contributed by atoms with van der Waals surface area (Å²) in [6.07, 6.45) is 0.928. The molecule has 0 saturated heterocycles. The Labute approximate surface area is 95.7 Å². The van der Waals surface area contributed by atoms with Crippen LogP contribution in [0.25, 0.3) is 10.7 Å². The Hall–Kier alpha value is -1.69. The number of carboxylic acid groups (broad SMARTS) is 1. The van der Waals surface area contributed by atoms with Crippen LogP contribution in [0.1, 0.15) is 18.7 Å². The molecule has 5 nitrogen and oxygen atoms in total. The summed E-state index contributed by atoms with van der Waals surface area (Å²) in [5.41, 5.74) is 0. The summed E-state index contributed by atoms with van der Waals surface area (Å²) in [7, 11) is 0. The van der Waals surface area contributed by atoms with Crippen molar-refractivity contribution in [3.8, 4) is 10.7 Å². The fraction of sp³-hybridized carbons (Fsp3) is 0.300. The summed E-state index contributed by atoms with van der Waals surface area (Å²) in [5.74, 6) is -0.0407. The van der Waals surface area contributed by atoms with Crippen LogP contribution in [0, 0.1) is 0 Å². The average molecular weight is 237 g/mol. The molecule has 0 radical (unpaired) electrons. The van der Waals surface area contributed by atoms with E-state index in [0.717, 1.165) is 4.88 Å². The van der Waals surface area contributed by atoms with Crippen LogP contribution in [0.4, 0.5) is 0 Å².